The van der Waals surface area contributed by atoms with Crippen molar-refractivity contribution in [2.45, 2.75) is 96.2 Å². The number of rotatable bonds is 15. The number of benzene rings is 6. The Bertz CT molecular complexity index is 3140. The van der Waals surface area contributed by atoms with Crippen LogP contribution in [0.4, 0.5) is 17.1 Å². The lowest BCUT2D eigenvalue weighted by molar-refractivity contribution is 0.0940. The Balaban J connectivity index is 0.000000249. The van der Waals surface area contributed by atoms with E-state index in [1.54, 1.807) is 18.5 Å². The molecule has 0 bridgehead atoms. The molecule has 9 rings (SSSR count). The maximum absolute atomic E-state index is 12.7. The van der Waals surface area contributed by atoms with Crippen molar-refractivity contribution in [3.63, 3.8) is 0 Å². The van der Waals surface area contributed by atoms with Gasteiger partial charge in [0.15, 0.2) is 5.76 Å². The van der Waals surface area contributed by atoms with Gasteiger partial charge in [0, 0.05) is 73.1 Å². The van der Waals surface area contributed by atoms with Gasteiger partial charge in [-0.2, -0.15) is 0 Å². The summed E-state index contributed by atoms with van der Waals surface area (Å²) in [6.07, 6.45) is 8.62. The normalized spacial score (nSPS) is 10.7. The lowest BCUT2D eigenvalue weighted by atomic mass is 9.97. The van der Waals surface area contributed by atoms with Crippen molar-refractivity contribution in [1.82, 2.24) is 26.3 Å². The molecule has 8 aromatic rings. The lowest BCUT2D eigenvalue weighted by Crippen LogP contribution is -2.29. The van der Waals surface area contributed by atoms with Crippen LogP contribution in [-0.4, -0.2) is 68.0 Å². The number of aliphatic imine (C=N–C) groups is 1. The first-order valence-corrected chi connectivity index (χ1v) is 27.8. The first-order chi connectivity index (χ1) is 39.2. The van der Waals surface area contributed by atoms with Crippen molar-refractivity contribution >= 4 is 40.5 Å². The Morgan fingerprint density at radius 1 is 0.469 bits per heavy atom. The highest BCUT2D eigenvalue weighted by atomic mass is 16.5. The van der Waals surface area contributed by atoms with Crippen LogP contribution in [0.2, 0.25) is 0 Å². The third-order valence-corrected chi connectivity index (χ3v) is 12.9. The molecule has 0 spiro atoms. The first kappa shape index (κ1) is 64.5. The van der Waals surface area contributed by atoms with Crippen molar-refractivity contribution < 1.29 is 23.4 Å². The number of anilines is 3. The van der Waals surface area contributed by atoms with E-state index in [0.29, 0.717) is 48.6 Å². The highest BCUT2D eigenvalue weighted by molar-refractivity contribution is 6.04. The van der Waals surface area contributed by atoms with Gasteiger partial charge < -0.3 is 40.9 Å². The summed E-state index contributed by atoms with van der Waals surface area (Å²) in [5.41, 5.74) is 19.2. The standard InChI is InChI=1S/C21H23N3O.2C20H21N3O2.3C2H6/c1-14-6-8-16(9-7-14)17-11-19(15(2)20(12-17)22-3)21(25)24-13-18-5-4-10-23-18;1-13-4-6-16(7-5-13)17-8-18(14(2)19(9-17)21-3)20(24)22-10-15-11-23-25-12-15;1-13-4-6-15(7-5-13)16-10-18(14(2)19(11-16)21-3)20(24)22-12-17-8-9-23-25-17;3*1-2/h4-9,11-12,22H,10,13H2,1-3H3,(H,24,25);4-9,11-12,21H,10H2,1-3H3,(H,22,24);4-11,21H,12H2,1-3H3,(H,22,24);3*1-2H3. The summed E-state index contributed by atoms with van der Waals surface area (Å²) in [7, 11) is 5.60. The minimum absolute atomic E-state index is 0.0778. The number of nitrogens with one attached hydrogen (secondary N) is 6. The van der Waals surface area contributed by atoms with Crippen LogP contribution < -0.4 is 31.9 Å². The Kier molecular flexibility index (Phi) is 26.6. The van der Waals surface area contributed by atoms with Crippen molar-refractivity contribution in [2.75, 3.05) is 50.2 Å². The molecule has 426 valence electrons. The molecule has 14 heteroatoms. The minimum Gasteiger partial charge on any atom is -0.388 e. The summed E-state index contributed by atoms with van der Waals surface area (Å²) in [6, 6.07) is 38.6. The van der Waals surface area contributed by atoms with Crippen LogP contribution in [0.25, 0.3) is 33.4 Å². The molecule has 3 heterocycles. The highest BCUT2D eigenvalue weighted by Gasteiger charge is 2.18. The number of amides is 3. The van der Waals surface area contributed by atoms with Crippen LogP contribution in [0.3, 0.4) is 0 Å². The fourth-order valence-corrected chi connectivity index (χ4v) is 8.35. The van der Waals surface area contributed by atoms with Gasteiger partial charge in [0.2, 0.25) is 0 Å². The summed E-state index contributed by atoms with van der Waals surface area (Å²) >= 11 is 0. The van der Waals surface area contributed by atoms with Gasteiger partial charge >= 0.3 is 0 Å². The molecule has 1 aliphatic heterocycles. The molecule has 6 N–H and O–H groups in total. The van der Waals surface area contributed by atoms with Crippen molar-refractivity contribution in [3.8, 4) is 33.4 Å². The van der Waals surface area contributed by atoms with E-state index in [-0.39, 0.29) is 17.7 Å². The van der Waals surface area contributed by atoms with Gasteiger partial charge in [0.05, 0.1) is 37.7 Å². The Morgan fingerprint density at radius 3 is 1.17 bits per heavy atom. The minimum atomic E-state index is -0.139. The van der Waals surface area contributed by atoms with Crippen LogP contribution in [0.1, 0.15) is 117 Å². The molecule has 0 fully saturated rings. The van der Waals surface area contributed by atoms with E-state index in [0.717, 1.165) is 78.4 Å². The largest absolute Gasteiger partial charge is 0.388 e. The van der Waals surface area contributed by atoms with E-state index in [1.807, 2.05) is 114 Å². The predicted octanol–water partition coefficient (Wildman–Crippen LogP) is 14.7. The van der Waals surface area contributed by atoms with Crippen LogP contribution >= 0.6 is 0 Å². The van der Waals surface area contributed by atoms with Crippen LogP contribution in [0, 0.1) is 41.5 Å². The van der Waals surface area contributed by atoms with E-state index < -0.39 is 0 Å². The SMILES string of the molecule is CC.CC.CC.CNc1cc(-c2ccc(C)cc2)cc(C(=O)NCC2=NCC=C2)c1C.CNc1cc(-c2ccc(C)cc2)cc(C(=O)NCc2ccno2)c1C.CNc1cc(-c2ccc(C)cc2)cc(C(=O)NCc2cnoc2)c1C. The highest BCUT2D eigenvalue weighted by Crippen LogP contribution is 2.32. The van der Waals surface area contributed by atoms with Gasteiger partial charge in [-0.1, -0.05) is 147 Å². The number of hydrogen-bond acceptors (Lipinski definition) is 11. The molecule has 6 aromatic carbocycles. The van der Waals surface area contributed by atoms with Crippen molar-refractivity contribution in [1.29, 1.82) is 0 Å². The number of aromatic nitrogens is 2. The summed E-state index contributed by atoms with van der Waals surface area (Å²) < 4.78 is 9.81. The van der Waals surface area contributed by atoms with E-state index in [4.69, 9.17) is 9.05 Å². The molecule has 0 saturated heterocycles. The number of nitrogens with zero attached hydrogens (tertiary/aromatic N) is 3. The van der Waals surface area contributed by atoms with Crippen molar-refractivity contribution in [3.05, 3.63) is 207 Å². The molecule has 0 aliphatic carbocycles. The van der Waals surface area contributed by atoms with Crippen LogP contribution in [0.15, 0.2) is 160 Å². The maximum Gasteiger partial charge on any atom is 0.252 e. The summed E-state index contributed by atoms with van der Waals surface area (Å²) in [6.45, 7) is 25.9. The molecule has 1 aliphatic rings. The third kappa shape index (κ3) is 18.5. The molecule has 2 aromatic heterocycles. The molecule has 0 saturated carbocycles. The van der Waals surface area contributed by atoms with Gasteiger partial charge in [0.25, 0.3) is 17.7 Å². The molecule has 0 unspecified atom stereocenters. The zero-order chi connectivity index (χ0) is 59.4. The van der Waals surface area contributed by atoms with Crippen LogP contribution in [-0.2, 0) is 13.1 Å². The number of carbonyl (C=O) groups excluding carboxylic acids is 3. The van der Waals surface area contributed by atoms with E-state index in [1.165, 1.54) is 23.0 Å². The molecule has 14 nitrogen and oxygen atoms in total. The molecular weight excluding hydrogens is 1010 g/mol. The number of hydrogen-bond donors (Lipinski definition) is 6. The van der Waals surface area contributed by atoms with Gasteiger partial charge in [0.1, 0.15) is 6.26 Å². The van der Waals surface area contributed by atoms with E-state index in [2.05, 4.69) is 159 Å². The monoisotopic (exact) mass is 1090 g/mol. The Morgan fingerprint density at radius 2 is 0.852 bits per heavy atom. The van der Waals surface area contributed by atoms with E-state index in [9.17, 15) is 14.4 Å². The second-order valence-electron chi connectivity index (χ2n) is 18.2. The fourth-order valence-electron chi connectivity index (χ4n) is 8.35. The predicted molar refractivity (Wildman–Crippen MR) is 336 cm³/mol. The van der Waals surface area contributed by atoms with Gasteiger partial charge in [-0.3, -0.25) is 19.4 Å². The average molecular weight is 1090 g/mol. The fraction of sp³-hybridized carbons (Fsp3) is 0.284. The zero-order valence-electron chi connectivity index (χ0n) is 50.1. The lowest BCUT2D eigenvalue weighted by Gasteiger charge is -2.15. The van der Waals surface area contributed by atoms with Crippen LogP contribution in [0.5, 0.6) is 0 Å². The summed E-state index contributed by atoms with van der Waals surface area (Å²) in [5, 5.41) is 25.6. The maximum atomic E-state index is 12.7. The van der Waals surface area contributed by atoms with Gasteiger partial charge in [-0.25, -0.2) is 0 Å². The average Bonchev–Trinajstić information content (AvgIpc) is 4.40. The Labute approximate surface area is 480 Å². The zero-order valence-corrected chi connectivity index (χ0v) is 50.1. The van der Waals surface area contributed by atoms with Gasteiger partial charge in [-0.05, 0) is 134 Å². The Hall–Kier alpha value is -9.04. The van der Waals surface area contributed by atoms with Gasteiger partial charge in [-0.15, -0.1) is 0 Å². The molecule has 0 atom stereocenters. The second kappa shape index (κ2) is 33.4. The second-order valence-corrected chi connectivity index (χ2v) is 18.2. The number of carbonyl (C=O) groups is 3. The molecular formula is C67H83N9O5. The smallest absolute Gasteiger partial charge is 0.252 e. The summed E-state index contributed by atoms with van der Waals surface area (Å²) in [4.78, 5) is 42.4. The topological polar surface area (TPSA) is 188 Å². The quantitative estimate of drug-likeness (QED) is 0.0577. The molecule has 81 heavy (non-hydrogen) atoms. The van der Waals surface area contributed by atoms with Crippen molar-refractivity contribution in [2.24, 2.45) is 4.99 Å². The summed E-state index contributed by atoms with van der Waals surface area (Å²) in [5.74, 6) is 0.281. The first-order valence-electron chi connectivity index (χ1n) is 27.8. The molecule has 3 amide bonds. The number of aryl methyl sites for hydroxylation is 3. The van der Waals surface area contributed by atoms with E-state index >= 15 is 0 Å². The third-order valence-electron chi connectivity index (χ3n) is 12.9. The molecule has 0 radical (unpaired) electrons.